The Labute approximate surface area is 415 Å². The smallest absolute Gasteiger partial charge is 0.259 e. The van der Waals surface area contributed by atoms with E-state index in [-0.39, 0.29) is 120 Å². The number of ether oxygens (including phenoxy) is 6. The van der Waals surface area contributed by atoms with E-state index in [9.17, 15) is 19.2 Å². The van der Waals surface area contributed by atoms with Gasteiger partial charge in [0, 0.05) is 69.5 Å². The number of rotatable bonds is 48. The van der Waals surface area contributed by atoms with Crippen LogP contribution in [-0.4, -0.2) is 158 Å². The van der Waals surface area contributed by atoms with Gasteiger partial charge in [-0.25, -0.2) is 4.67 Å². The molecule has 4 amide bonds. The number of carbonyl (C=O) groups is 4. The molecule has 0 aromatic rings. The predicted octanol–water partition coefficient (Wildman–Crippen LogP) is 4.94. The van der Waals surface area contributed by atoms with Gasteiger partial charge in [0.25, 0.3) is 8.53 Å². The van der Waals surface area contributed by atoms with Crippen LogP contribution in [0, 0.1) is 48.4 Å². The van der Waals surface area contributed by atoms with E-state index in [1.165, 1.54) is 0 Å². The van der Waals surface area contributed by atoms with Crippen molar-refractivity contribution in [3.8, 4) is 43.1 Å². The lowest BCUT2D eigenvalue weighted by atomic mass is 9.82. The van der Waals surface area contributed by atoms with Crippen LogP contribution in [0.2, 0.25) is 0 Å². The molecular formula is C50H85N6O12P. The van der Waals surface area contributed by atoms with Gasteiger partial charge in [-0.1, -0.05) is 30.6 Å². The largest absolute Gasteiger partial charge is 0.379 e. The molecule has 0 rings (SSSR count). The van der Waals surface area contributed by atoms with Crippen LogP contribution in [0.1, 0.15) is 124 Å². The fraction of sp³-hybridized carbons (Fsp3) is 0.780. The lowest BCUT2D eigenvalue weighted by Crippen LogP contribution is -2.50. The van der Waals surface area contributed by atoms with E-state index in [2.05, 4.69) is 77.5 Å². The highest BCUT2D eigenvalue weighted by atomic mass is 31.2. The van der Waals surface area contributed by atoms with Crippen molar-refractivity contribution in [1.82, 2.24) is 25.9 Å². The van der Waals surface area contributed by atoms with Gasteiger partial charge in [-0.05, 0) is 79.1 Å². The number of amides is 4. The number of hydrogen-bond donors (Lipinski definition) is 4. The van der Waals surface area contributed by atoms with Gasteiger partial charge in [0.05, 0.1) is 78.6 Å². The zero-order valence-corrected chi connectivity index (χ0v) is 43.1. The van der Waals surface area contributed by atoms with Crippen LogP contribution in [0.15, 0.2) is 0 Å². The van der Waals surface area contributed by atoms with Crippen molar-refractivity contribution in [2.45, 2.75) is 142 Å². The number of carbonyl (C=O) groups excluding carboxylic acids is 4. The summed E-state index contributed by atoms with van der Waals surface area (Å²) in [5.41, 5.74) is -0.903. The average Bonchev–Trinajstić information content (AvgIpc) is 3.31. The number of terminal acetylenes is 3. The molecule has 392 valence electrons. The van der Waals surface area contributed by atoms with Crippen molar-refractivity contribution in [2.24, 2.45) is 0 Å². The normalized spacial score (nSPS) is 11.7. The highest BCUT2D eigenvalue weighted by molar-refractivity contribution is 7.44. The van der Waals surface area contributed by atoms with Gasteiger partial charge in [-0.15, -0.1) is 19.3 Å². The van der Waals surface area contributed by atoms with Gasteiger partial charge in [0.2, 0.25) is 23.6 Å². The second-order valence-corrected chi connectivity index (χ2v) is 18.0. The van der Waals surface area contributed by atoms with Gasteiger partial charge >= 0.3 is 0 Å². The first-order valence-corrected chi connectivity index (χ1v) is 25.7. The second kappa shape index (κ2) is 46.5. The Bertz CT molecular complexity index is 1460. The van der Waals surface area contributed by atoms with Gasteiger partial charge < -0.3 is 58.7 Å². The van der Waals surface area contributed by atoms with Crippen molar-refractivity contribution in [1.29, 1.82) is 5.26 Å². The molecule has 0 aromatic heterocycles. The minimum atomic E-state index is -1.27. The average molecular weight is 993 g/mol. The maximum Gasteiger partial charge on any atom is 0.259 e. The maximum absolute atomic E-state index is 13.7. The minimum absolute atomic E-state index is 0.0902. The number of hydrogen-bond acceptors (Lipinski definition) is 14. The Morgan fingerprint density at radius 3 is 1.48 bits per heavy atom. The third kappa shape index (κ3) is 39.5. The third-order valence-electron chi connectivity index (χ3n) is 10.1. The van der Waals surface area contributed by atoms with Crippen molar-refractivity contribution >= 4 is 32.2 Å². The monoisotopic (exact) mass is 993 g/mol. The lowest BCUT2D eigenvalue weighted by Gasteiger charge is -2.35. The molecule has 0 bridgehead atoms. The summed E-state index contributed by atoms with van der Waals surface area (Å²) in [5, 5.41) is 20.9. The molecule has 18 nitrogen and oxygen atoms in total. The summed E-state index contributed by atoms with van der Waals surface area (Å²) in [6, 6.07) is 2.59. The zero-order valence-electron chi connectivity index (χ0n) is 42.3. The van der Waals surface area contributed by atoms with Crippen LogP contribution in [0.5, 0.6) is 0 Å². The SMILES string of the molecule is C#CCOCCOCCCCC(CCC(=O)NCCOCCOCC#C)(CCC(=O)NCCOCCOCC#C)NC(=O)CCCC(=O)NCCCCCCOP(OCCC#N)N(C(C)C)C(C)C. The molecule has 1 atom stereocenters. The van der Waals surface area contributed by atoms with Crippen LogP contribution in [0.25, 0.3) is 0 Å². The molecule has 0 saturated carbocycles. The zero-order chi connectivity index (χ0) is 51.1. The van der Waals surface area contributed by atoms with Crippen LogP contribution in [-0.2, 0) is 56.6 Å². The summed E-state index contributed by atoms with van der Waals surface area (Å²) in [6.45, 7) is 14.1. The molecule has 0 heterocycles. The molecule has 0 aliphatic heterocycles. The molecule has 0 saturated heterocycles. The van der Waals surface area contributed by atoms with Crippen molar-refractivity contribution in [3.63, 3.8) is 0 Å². The fourth-order valence-electron chi connectivity index (χ4n) is 6.81. The van der Waals surface area contributed by atoms with Gasteiger partial charge in [0.15, 0.2) is 0 Å². The first-order valence-electron chi connectivity index (χ1n) is 24.5. The third-order valence-corrected chi connectivity index (χ3v) is 12.2. The van der Waals surface area contributed by atoms with Gasteiger partial charge in [0.1, 0.15) is 19.8 Å². The molecule has 69 heavy (non-hydrogen) atoms. The Balaban J connectivity index is 5.39. The molecule has 4 N–H and O–H groups in total. The highest BCUT2D eigenvalue weighted by Crippen LogP contribution is 2.46. The summed E-state index contributed by atoms with van der Waals surface area (Å²) < 4.78 is 46.7. The summed E-state index contributed by atoms with van der Waals surface area (Å²) in [4.78, 5) is 52.6. The molecule has 1 unspecified atom stereocenters. The summed E-state index contributed by atoms with van der Waals surface area (Å²) in [6.07, 6.45) is 22.5. The van der Waals surface area contributed by atoms with Crippen LogP contribution >= 0.6 is 8.53 Å². The number of unbranched alkanes of at least 4 members (excludes halogenated alkanes) is 4. The first-order chi connectivity index (χ1) is 33.4. The number of nitriles is 1. The Morgan fingerprint density at radius 1 is 0.507 bits per heavy atom. The lowest BCUT2D eigenvalue weighted by molar-refractivity contribution is -0.127. The topological polar surface area (TPSA) is 217 Å². The van der Waals surface area contributed by atoms with E-state index >= 15 is 0 Å². The number of nitrogens with zero attached hydrogens (tertiary/aromatic N) is 2. The second-order valence-electron chi connectivity index (χ2n) is 16.6. The Morgan fingerprint density at radius 2 is 0.957 bits per heavy atom. The minimum Gasteiger partial charge on any atom is -0.379 e. The first kappa shape index (κ1) is 65.1. The summed E-state index contributed by atoms with van der Waals surface area (Å²) >= 11 is 0. The van der Waals surface area contributed by atoms with Crippen LogP contribution < -0.4 is 21.3 Å². The van der Waals surface area contributed by atoms with Gasteiger partial charge in [-0.2, -0.15) is 5.26 Å². The molecule has 0 spiro atoms. The predicted molar refractivity (Wildman–Crippen MR) is 267 cm³/mol. The molecule has 0 fully saturated rings. The van der Waals surface area contributed by atoms with E-state index in [0.29, 0.717) is 98.1 Å². The molecular weight excluding hydrogens is 908 g/mol. The number of nitrogens with one attached hydrogen (secondary N) is 4. The Kier molecular flexibility index (Phi) is 43.9. The van der Waals surface area contributed by atoms with Crippen molar-refractivity contribution in [3.05, 3.63) is 0 Å². The highest BCUT2D eigenvalue weighted by Gasteiger charge is 2.33. The molecule has 0 aliphatic rings. The van der Waals surface area contributed by atoms with Crippen LogP contribution in [0.4, 0.5) is 0 Å². The van der Waals surface area contributed by atoms with E-state index in [0.717, 1.165) is 25.7 Å². The molecule has 0 aromatic carbocycles. The van der Waals surface area contributed by atoms with E-state index < -0.39 is 14.1 Å². The maximum atomic E-state index is 13.7. The van der Waals surface area contributed by atoms with Crippen molar-refractivity contribution in [2.75, 3.05) is 112 Å². The molecule has 0 aliphatic carbocycles. The van der Waals surface area contributed by atoms with E-state index in [4.69, 9.17) is 62.0 Å². The van der Waals surface area contributed by atoms with E-state index in [1.807, 2.05) is 0 Å². The standard InChI is InChI=1S/C50H85N6O12P/c1-8-30-61-38-41-64-33-16-13-23-50(24-21-47(58)53-28-36-65-42-39-62-31-9-2,25-22-48(59)54-29-37-66-43-40-63-32-10-3)55-49(60)20-17-19-46(57)52-27-14-11-12-15-34-67-69(68-35-18-26-51)56(44(4)5)45(6)7/h1-3,44-45H,11-25,27-43H2,4-7H3,(H,52,57)(H,53,58)(H,54,59)(H,55,60). The van der Waals surface area contributed by atoms with Crippen LogP contribution in [0.3, 0.4) is 0 Å². The fourth-order valence-corrected chi connectivity index (χ4v) is 8.44. The van der Waals surface area contributed by atoms with Gasteiger partial charge in [-0.3, -0.25) is 19.2 Å². The summed E-state index contributed by atoms with van der Waals surface area (Å²) in [5.74, 6) is 6.35. The molecule has 19 heteroatoms. The quantitative estimate of drug-likeness (QED) is 0.0361. The molecule has 0 radical (unpaired) electrons. The Hall–Kier alpha value is -3.88. The summed E-state index contributed by atoms with van der Waals surface area (Å²) in [7, 11) is -1.27. The van der Waals surface area contributed by atoms with E-state index in [1.54, 1.807) is 0 Å². The van der Waals surface area contributed by atoms with Crippen molar-refractivity contribution < 1.29 is 56.6 Å².